The van der Waals surface area contributed by atoms with Gasteiger partial charge in [0.05, 0.1) is 12.5 Å². The van der Waals surface area contributed by atoms with E-state index in [1.807, 2.05) is 41.3 Å². The van der Waals surface area contributed by atoms with Crippen molar-refractivity contribution >= 4 is 5.91 Å². The Morgan fingerprint density at radius 3 is 2.64 bits per heavy atom. The van der Waals surface area contributed by atoms with Crippen molar-refractivity contribution in [3.63, 3.8) is 0 Å². The van der Waals surface area contributed by atoms with E-state index >= 15 is 0 Å². The van der Waals surface area contributed by atoms with Gasteiger partial charge in [-0.05, 0) is 31.0 Å². The molecule has 0 N–H and O–H groups in total. The lowest BCUT2D eigenvalue weighted by molar-refractivity contribution is -0.132. The van der Waals surface area contributed by atoms with Gasteiger partial charge in [-0.25, -0.2) is 0 Å². The molecule has 1 atom stereocenters. The average Bonchev–Trinajstić information content (AvgIpc) is 3.05. The summed E-state index contributed by atoms with van der Waals surface area (Å²) in [6, 6.07) is 12.1. The van der Waals surface area contributed by atoms with E-state index < -0.39 is 0 Å². The first kappa shape index (κ1) is 17.7. The number of aromatic nitrogens is 2. The van der Waals surface area contributed by atoms with Crippen molar-refractivity contribution in [1.82, 2.24) is 19.6 Å². The van der Waals surface area contributed by atoms with Crippen molar-refractivity contribution in [2.24, 2.45) is 0 Å². The molecule has 0 spiro atoms. The first-order valence-electron chi connectivity index (χ1n) is 9.31. The summed E-state index contributed by atoms with van der Waals surface area (Å²) in [5.41, 5.74) is 1.13. The summed E-state index contributed by atoms with van der Waals surface area (Å²) in [5, 5.41) is 4.26. The second kappa shape index (κ2) is 8.81. The molecule has 0 bridgehead atoms. The van der Waals surface area contributed by atoms with Gasteiger partial charge < -0.3 is 4.90 Å². The summed E-state index contributed by atoms with van der Waals surface area (Å²) in [7, 11) is 0. The van der Waals surface area contributed by atoms with Gasteiger partial charge in [0, 0.05) is 38.6 Å². The molecule has 0 aliphatic carbocycles. The minimum atomic E-state index is -0.0168. The summed E-state index contributed by atoms with van der Waals surface area (Å²) in [5.74, 6) is 0.263. The fourth-order valence-electron chi connectivity index (χ4n) is 3.55. The van der Waals surface area contributed by atoms with Crippen LogP contribution in [0.15, 0.2) is 48.8 Å². The first-order chi connectivity index (χ1) is 12.3. The zero-order chi connectivity index (χ0) is 17.5. The molecule has 1 aromatic carbocycles. The zero-order valence-electron chi connectivity index (χ0n) is 15.1. The molecule has 0 radical (unpaired) electrons. The Hall–Kier alpha value is -2.14. The van der Waals surface area contributed by atoms with Crippen molar-refractivity contribution in [3.8, 4) is 0 Å². The van der Waals surface area contributed by atoms with E-state index in [9.17, 15) is 4.79 Å². The number of hydrogen-bond donors (Lipinski definition) is 0. The van der Waals surface area contributed by atoms with E-state index in [1.54, 1.807) is 0 Å². The molecular formula is C20H28N4O. The minimum absolute atomic E-state index is 0.0168. The number of benzene rings is 1. The van der Waals surface area contributed by atoms with Crippen LogP contribution >= 0.6 is 0 Å². The van der Waals surface area contributed by atoms with Crippen LogP contribution in [-0.2, 0) is 11.3 Å². The van der Waals surface area contributed by atoms with Crippen LogP contribution in [0.3, 0.4) is 0 Å². The van der Waals surface area contributed by atoms with Gasteiger partial charge in [0.1, 0.15) is 0 Å². The predicted molar refractivity (Wildman–Crippen MR) is 99.3 cm³/mol. The van der Waals surface area contributed by atoms with Crippen LogP contribution < -0.4 is 0 Å². The zero-order valence-corrected chi connectivity index (χ0v) is 15.1. The van der Waals surface area contributed by atoms with Crippen LogP contribution in [0.25, 0.3) is 0 Å². The Labute approximate surface area is 150 Å². The van der Waals surface area contributed by atoms with Crippen LogP contribution in [0, 0.1) is 0 Å². The Bertz CT molecular complexity index is 641. The van der Waals surface area contributed by atoms with Gasteiger partial charge in [-0.15, -0.1) is 0 Å². The van der Waals surface area contributed by atoms with Gasteiger partial charge in [0.2, 0.25) is 5.91 Å². The first-order valence-corrected chi connectivity index (χ1v) is 9.31. The van der Waals surface area contributed by atoms with E-state index in [0.29, 0.717) is 0 Å². The Kier molecular flexibility index (Phi) is 6.23. The summed E-state index contributed by atoms with van der Waals surface area (Å²) < 4.78 is 1.97. The lowest BCUT2D eigenvalue weighted by Gasteiger charge is -2.26. The molecule has 0 saturated carbocycles. The third-order valence-corrected chi connectivity index (χ3v) is 5.01. The van der Waals surface area contributed by atoms with Gasteiger partial charge in [-0.1, -0.05) is 37.3 Å². The third-order valence-electron chi connectivity index (χ3n) is 5.01. The SMILES string of the molecule is CCC(C(=O)N1CCCN(CCn2cccn2)CC1)c1ccccc1. The number of amides is 1. The van der Waals surface area contributed by atoms with Gasteiger partial charge >= 0.3 is 0 Å². The third kappa shape index (κ3) is 4.69. The maximum Gasteiger partial charge on any atom is 0.230 e. The lowest BCUT2D eigenvalue weighted by atomic mass is 9.95. The molecule has 3 rings (SSSR count). The largest absolute Gasteiger partial charge is 0.341 e. The summed E-state index contributed by atoms with van der Waals surface area (Å²) in [4.78, 5) is 17.5. The Morgan fingerprint density at radius 2 is 1.92 bits per heavy atom. The lowest BCUT2D eigenvalue weighted by Crippen LogP contribution is -2.38. The standard InChI is InChI=1S/C20H28N4O/c1-2-19(18-8-4-3-5-9-18)20(25)23-12-7-11-22(14-16-23)15-17-24-13-6-10-21-24/h3-6,8-10,13,19H,2,7,11-12,14-17H2,1H3. The molecule has 1 aromatic heterocycles. The molecule has 1 aliphatic rings. The summed E-state index contributed by atoms with van der Waals surface area (Å²) in [6.45, 7) is 7.67. The maximum absolute atomic E-state index is 13.0. The Morgan fingerprint density at radius 1 is 1.08 bits per heavy atom. The molecule has 2 aromatic rings. The molecule has 134 valence electrons. The van der Waals surface area contributed by atoms with E-state index in [-0.39, 0.29) is 11.8 Å². The highest BCUT2D eigenvalue weighted by atomic mass is 16.2. The molecule has 1 saturated heterocycles. The fraction of sp³-hybridized carbons (Fsp3) is 0.500. The van der Waals surface area contributed by atoms with Gasteiger partial charge in [0.25, 0.3) is 0 Å². The molecule has 5 nitrogen and oxygen atoms in total. The quantitative estimate of drug-likeness (QED) is 0.812. The van der Waals surface area contributed by atoms with Crippen molar-refractivity contribution in [2.75, 3.05) is 32.7 Å². The number of rotatable bonds is 6. The van der Waals surface area contributed by atoms with E-state index in [4.69, 9.17) is 0 Å². The summed E-state index contributed by atoms with van der Waals surface area (Å²) in [6.07, 6.45) is 5.70. The highest BCUT2D eigenvalue weighted by Crippen LogP contribution is 2.22. The van der Waals surface area contributed by atoms with Gasteiger partial charge in [-0.3, -0.25) is 14.4 Å². The molecule has 1 aliphatic heterocycles. The second-order valence-electron chi connectivity index (χ2n) is 6.66. The van der Waals surface area contributed by atoms with Gasteiger partial charge in [0.15, 0.2) is 0 Å². The van der Waals surface area contributed by atoms with E-state index in [1.165, 1.54) is 0 Å². The van der Waals surface area contributed by atoms with Gasteiger partial charge in [-0.2, -0.15) is 5.10 Å². The van der Waals surface area contributed by atoms with Crippen LogP contribution in [0.2, 0.25) is 0 Å². The number of carbonyl (C=O) groups is 1. The van der Waals surface area contributed by atoms with Crippen molar-refractivity contribution in [2.45, 2.75) is 32.2 Å². The van der Waals surface area contributed by atoms with Crippen molar-refractivity contribution in [1.29, 1.82) is 0 Å². The number of nitrogens with zero attached hydrogens (tertiary/aromatic N) is 4. The van der Waals surface area contributed by atoms with Crippen LogP contribution in [0.4, 0.5) is 0 Å². The molecular weight excluding hydrogens is 312 g/mol. The topological polar surface area (TPSA) is 41.4 Å². The monoisotopic (exact) mass is 340 g/mol. The molecule has 2 heterocycles. The molecule has 5 heteroatoms. The average molecular weight is 340 g/mol. The van der Waals surface area contributed by atoms with Crippen molar-refractivity contribution < 1.29 is 4.79 Å². The number of hydrogen-bond acceptors (Lipinski definition) is 3. The maximum atomic E-state index is 13.0. The molecule has 1 unspecified atom stereocenters. The van der Waals surface area contributed by atoms with Crippen LogP contribution in [0.1, 0.15) is 31.2 Å². The smallest absolute Gasteiger partial charge is 0.230 e. The molecule has 1 fully saturated rings. The van der Waals surface area contributed by atoms with E-state index in [0.717, 1.165) is 57.7 Å². The number of carbonyl (C=O) groups excluding carboxylic acids is 1. The second-order valence-corrected chi connectivity index (χ2v) is 6.66. The van der Waals surface area contributed by atoms with Crippen LogP contribution in [-0.4, -0.2) is 58.2 Å². The fourth-order valence-corrected chi connectivity index (χ4v) is 3.55. The normalized spacial score (nSPS) is 17.2. The Balaban J connectivity index is 1.55. The van der Waals surface area contributed by atoms with Crippen LogP contribution in [0.5, 0.6) is 0 Å². The van der Waals surface area contributed by atoms with Crippen molar-refractivity contribution in [3.05, 3.63) is 54.4 Å². The molecule has 1 amide bonds. The van der Waals surface area contributed by atoms with E-state index in [2.05, 4.69) is 34.0 Å². The highest BCUT2D eigenvalue weighted by molar-refractivity contribution is 5.83. The minimum Gasteiger partial charge on any atom is -0.341 e. The predicted octanol–water partition coefficient (Wildman–Crippen LogP) is 2.61. The molecule has 25 heavy (non-hydrogen) atoms. The highest BCUT2D eigenvalue weighted by Gasteiger charge is 2.26. The summed E-state index contributed by atoms with van der Waals surface area (Å²) >= 11 is 0.